The highest BCUT2D eigenvalue weighted by Gasteiger charge is 2.15. The summed E-state index contributed by atoms with van der Waals surface area (Å²) < 4.78 is 13.0. The van der Waals surface area contributed by atoms with Crippen LogP contribution in [0.2, 0.25) is 0 Å². The summed E-state index contributed by atoms with van der Waals surface area (Å²) in [7, 11) is 0. The number of Topliss-reactive ketones (excluding diaryl/α,β-unsaturated/α-hetero) is 1. The molecule has 1 aromatic carbocycles. The van der Waals surface area contributed by atoms with Crippen molar-refractivity contribution in [1.29, 1.82) is 0 Å². The molecule has 0 aliphatic carbocycles. The van der Waals surface area contributed by atoms with Crippen molar-refractivity contribution in [2.75, 3.05) is 0 Å². The number of benzene rings is 1. The van der Waals surface area contributed by atoms with Crippen molar-refractivity contribution in [2.45, 2.75) is 13.0 Å². The van der Waals surface area contributed by atoms with Crippen LogP contribution in [0.3, 0.4) is 0 Å². The molecule has 0 aromatic heterocycles. The summed E-state index contributed by atoms with van der Waals surface area (Å²) >= 11 is 2.83. The Labute approximate surface area is 88.9 Å². The molecular weight excluding hydrogens is 253 g/mol. The van der Waals surface area contributed by atoms with Crippen LogP contribution in [0.1, 0.15) is 17.3 Å². The lowest BCUT2D eigenvalue weighted by atomic mass is 10.1. The largest absolute Gasteiger partial charge is 0.507 e. The van der Waals surface area contributed by atoms with Crippen molar-refractivity contribution >= 4 is 21.7 Å². The number of rotatable bonds is 2. The van der Waals surface area contributed by atoms with Gasteiger partial charge in [0.2, 0.25) is 0 Å². The van der Waals surface area contributed by atoms with Crippen molar-refractivity contribution in [3.8, 4) is 5.75 Å². The van der Waals surface area contributed by atoms with E-state index in [9.17, 15) is 14.3 Å². The number of phenols is 1. The van der Waals surface area contributed by atoms with Crippen molar-refractivity contribution < 1.29 is 14.3 Å². The number of hydrogen-bond acceptors (Lipinski definition) is 3. The molecule has 1 atom stereocenters. The molecule has 3 nitrogen and oxygen atoms in total. The molecule has 0 amide bonds. The molecule has 0 bridgehead atoms. The van der Waals surface area contributed by atoms with Gasteiger partial charge in [-0.3, -0.25) is 4.79 Å². The van der Waals surface area contributed by atoms with E-state index in [2.05, 4.69) is 15.9 Å². The summed E-state index contributed by atoms with van der Waals surface area (Å²) in [6.45, 7) is 1.50. The normalized spacial score (nSPS) is 12.6. The number of phenolic OH excluding ortho intramolecular Hbond substituents is 1. The van der Waals surface area contributed by atoms with Gasteiger partial charge in [-0.15, -0.1) is 0 Å². The SMILES string of the molecule is CC(N)C(=O)c1cc(O)c(Br)c(F)c1. The van der Waals surface area contributed by atoms with Crippen LogP contribution < -0.4 is 5.73 Å². The predicted octanol–water partition coefficient (Wildman–Crippen LogP) is 1.82. The first-order valence-corrected chi connectivity index (χ1v) is 4.70. The molecule has 0 heterocycles. The van der Waals surface area contributed by atoms with Crippen LogP contribution in [0, 0.1) is 5.82 Å². The fourth-order valence-electron chi connectivity index (χ4n) is 0.980. The molecule has 76 valence electrons. The predicted molar refractivity (Wildman–Crippen MR) is 53.7 cm³/mol. The molecule has 0 fully saturated rings. The fourth-order valence-corrected chi connectivity index (χ4v) is 1.21. The number of carbonyl (C=O) groups excluding carboxylic acids is 1. The molecule has 3 N–H and O–H groups in total. The Morgan fingerprint density at radius 3 is 2.64 bits per heavy atom. The third-order valence-corrected chi connectivity index (χ3v) is 2.49. The van der Waals surface area contributed by atoms with E-state index >= 15 is 0 Å². The highest BCUT2D eigenvalue weighted by Crippen LogP contribution is 2.28. The minimum absolute atomic E-state index is 0.0567. The van der Waals surface area contributed by atoms with Gasteiger partial charge >= 0.3 is 0 Å². The highest BCUT2D eigenvalue weighted by atomic mass is 79.9. The van der Waals surface area contributed by atoms with Gasteiger partial charge in [-0.25, -0.2) is 4.39 Å². The average Bonchev–Trinajstić information content (AvgIpc) is 2.12. The average molecular weight is 262 g/mol. The van der Waals surface area contributed by atoms with E-state index in [1.807, 2.05) is 0 Å². The Balaban J connectivity index is 3.19. The monoisotopic (exact) mass is 261 g/mol. The maximum Gasteiger partial charge on any atom is 0.179 e. The molecule has 0 saturated heterocycles. The number of hydrogen-bond donors (Lipinski definition) is 2. The van der Waals surface area contributed by atoms with E-state index in [4.69, 9.17) is 5.73 Å². The van der Waals surface area contributed by atoms with Crippen molar-refractivity contribution in [3.05, 3.63) is 28.0 Å². The zero-order chi connectivity index (χ0) is 10.9. The molecule has 0 aliphatic rings. The van der Waals surface area contributed by atoms with Crippen LogP contribution >= 0.6 is 15.9 Å². The van der Waals surface area contributed by atoms with E-state index in [-0.39, 0.29) is 15.8 Å². The lowest BCUT2D eigenvalue weighted by Gasteiger charge is -2.06. The maximum atomic E-state index is 13.1. The topological polar surface area (TPSA) is 63.3 Å². The molecule has 0 spiro atoms. The lowest BCUT2D eigenvalue weighted by Crippen LogP contribution is -2.26. The second kappa shape index (κ2) is 4.06. The molecule has 0 saturated carbocycles. The summed E-state index contributed by atoms with van der Waals surface area (Å²) in [6.07, 6.45) is 0. The lowest BCUT2D eigenvalue weighted by molar-refractivity contribution is 0.0967. The second-order valence-corrected chi connectivity index (χ2v) is 3.74. The molecule has 14 heavy (non-hydrogen) atoms. The van der Waals surface area contributed by atoms with Gasteiger partial charge in [-0.05, 0) is 35.0 Å². The summed E-state index contributed by atoms with van der Waals surface area (Å²) in [5.74, 6) is -1.41. The minimum atomic E-state index is -0.713. The fraction of sp³-hybridized carbons (Fsp3) is 0.222. The summed E-state index contributed by atoms with van der Waals surface area (Å²) in [5.41, 5.74) is 5.41. The van der Waals surface area contributed by atoms with Gasteiger partial charge in [0, 0.05) is 5.56 Å². The molecule has 1 aromatic rings. The number of ketones is 1. The number of halogens is 2. The Bertz CT molecular complexity index is 356. The van der Waals surface area contributed by atoms with Crippen molar-refractivity contribution in [3.63, 3.8) is 0 Å². The van der Waals surface area contributed by atoms with Crippen LogP contribution in [0.4, 0.5) is 4.39 Å². The zero-order valence-corrected chi connectivity index (χ0v) is 9.01. The number of carbonyl (C=O) groups is 1. The first-order chi connectivity index (χ1) is 6.43. The van der Waals surface area contributed by atoms with Gasteiger partial charge in [0.05, 0.1) is 10.5 Å². The zero-order valence-electron chi connectivity index (χ0n) is 7.42. The van der Waals surface area contributed by atoms with Crippen LogP contribution in [0.25, 0.3) is 0 Å². The number of aromatic hydroxyl groups is 1. The smallest absolute Gasteiger partial charge is 0.179 e. The standard InChI is InChI=1S/C9H9BrFNO2/c1-4(12)9(14)5-2-6(11)8(10)7(13)3-5/h2-4,13H,12H2,1H3. The Hall–Kier alpha value is -0.940. The Kier molecular flexibility index (Phi) is 3.23. The first kappa shape index (κ1) is 11.1. The maximum absolute atomic E-state index is 13.1. The summed E-state index contributed by atoms with van der Waals surface area (Å²) in [6, 6.07) is 1.50. The summed E-state index contributed by atoms with van der Waals surface area (Å²) in [4.78, 5) is 11.3. The van der Waals surface area contributed by atoms with Gasteiger partial charge in [0.15, 0.2) is 5.78 Å². The molecular formula is C9H9BrFNO2. The van der Waals surface area contributed by atoms with Crippen molar-refractivity contribution in [2.24, 2.45) is 5.73 Å². The van der Waals surface area contributed by atoms with E-state index < -0.39 is 17.6 Å². The number of nitrogens with two attached hydrogens (primary N) is 1. The van der Waals surface area contributed by atoms with E-state index in [0.29, 0.717) is 0 Å². The van der Waals surface area contributed by atoms with Gasteiger partial charge < -0.3 is 10.8 Å². The van der Waals surface area contributed by atoms with Crippen LogP contribution in [0.5, 0.6) is 5.75 Å². The van der Waals surface area contributed by atoms with Gasteiger partial charge in [0.25, 0.3) is 0 Å². The van der Waals surface area contributed by atoms with Gasteiger partial charge in [0.1, 0.15) is 11.6 Å². The highest BCUT2D eigenvalue weighted by molar-refractivity contribution is 9.10. The van der Waals surface area contributed by atoms with E-state index in [1.165, 1.54) is 13.0 Å². The third kappa shape index (κ3) is 2.10. The quantitative estimate of drug-likeness (QED) is 0.799. The van der Waals surface area contributed by atoms with Crippen molar-refractivity contribution in [1.82, 2.24) is 0 Å². The Morgan fingerprint density at radius 1 is 1.64 bits per heavy atom. The minimum Gasteiger partial charge on any atom is -0.507 e. The van der Waals surface area contributed by atoms with Crippen LogP contribution in [-0.4, -0.2) is 16.9 Å². The Morgan fingerprint density at radius 2 is 2.21 bits per heavy atom. The van der Waals surface area contributed by atoms with E-state index in [0.717, 1.165) is 6.07 Å². The molecule has 1 unspecified atom stereocenters. The van der Waals surface area contributed by atoms with Crippen LogP contribution in [0.15, 0.2) is 16.6 Å². The first-order valence-electron chi connectivity index (χ1n) is 3.91. The molecule has 5 heteroatoms. The summed E-state index contributed by atoms with van der Waals surface area (Å²) in [5, 5.41) is 9.23. The molecule has 0 aliphatic heterocycles. The van der Waals surface area contributed by atoms with Gasteiger partial charge in [-0.1, -0.05) is 0 Å². The second-order valence-electron chi connectivity index (χ2n) is 2.94. The third-order valence-electron chi connectivity index (χ3n) is 1.71. The van der Waals surface area contributed by atoms with Crippen LogP contribution in [-0.2, 0) is 0 Å². The molecule has 1 rings (SSSR count). The van der Waals surface area contributed by atoms with E-state index in [1.54, 1.807) is 0 Å². The molecule has 0 radical (unpaired) electrons. The van der Waals surface area contributed by atoms with Gasteiger partial charge in [-0.2, -0.15) is 0 Å².